The SMILES string of the molecule is N#CC(N=Nc1ccc(C(F)(F)F)cc1)N=Nc1ccc(Cl)c(Cl)c1. The van der Waals surface area contributed by atoms with Crippen molar-refractivity contribution in [3.8, 4) is 6.07 Å². The van der Waals surface area contributed by atoms with Crippen molar-refractivity contribution in [2.24, 2.45) is 20.5 Å². The van der Waals surface area contributed by atoms with E-state index >= 15 is 0 Å². The van der Waals surface area contributed by atoms with Crippen LogP contribution in [0.5, 0.6) is 0 Å². The predicted octanol–water partition coefficient (Wildman–Crippen LogP) is 6.73. The molecule has 0 amide bonds. The van der Waals surface area contributed by atoms with Gasteiger partial charge in [-0.3, -0.25) is 0 Å². The Morgan fingerprint density at radius 1 is 0.880 bits per heavy atom. The van der Waals surface area contributed by atoms with E-state index in [-0.39, 0.29) is 10.7 Å². The molecule has 0 saturated carbocycles. The lowest BCUT2D eigenvalue weighted by Gasteiger charge is -2.05. The highest BCUT2D eigenvalue weighted by Crippen LogP contribution is 2.30. The molecule has 5 nitrogen and oxygen atoms in total. The van der Waals surface area contributed by atoms with Crippen LogP contribution in [-0.4, -0.2) is 6.17 Å². The summed E-state index contributed by atoms with van der Waals surface area (Å²) >= 11 is 11.6. The van der Waals surface area contributed by atoms with Crippen LogP contribution in [0.1, 0.15) is 5.56 Å². The van der Waals surface area contributed by atoms with Crippen molar-refractivity contribution < 1.29 is 13.2 Å². The molecule has 0 aromatic heterocycles. The normalized spacial score (nSPS) is 13.3. The lowest BCUT2D eigenvalue weighted by Crippen LogP contribution is -2.03. The van der Waals surface area contributed by atoms with Gasteiger partial charge in [-0.2, -0.15) is 28.7 Å². The Kier molecular flexibility index (Phi) is 6.07. The molecule has 0 radical (unpaired) electrons. The number of alkyl halides is 3. The summed E-state index contributed by atoms with van der Waals surface area (Å²) in [7, 11) is 0. The van der Waals surface area contributed by atoms with E-state index in [0.29, 0.717) is 10.7 Å². The van der Waals surface area contributed by atoms with Crippen LogP contribution in [0.2, 0.25) is 10.0 Å². The van der Waals surface area contributed by atoms with Gasteiger partial charge in [-0.05, 0) is 42.5 Å². The summed E-state index contributed by atoms with van der Waals surface area (Å²) in [6, 6.07) is 10.3. The molecule has 128 valence electrons. The van der Waals surface area contributed by atoms with Crippen LogP contribution in [0.3, 0.4) is 0 Å². The summed E-state index contributed by atoms with van der Waals surface area (Å²) < 4.78 is 37.4. The van der Waals surface area contributed by atoms with Crippen molar-refractivity contribution in [2.45, 2.75) is 12.3 Å². The molecule has 0 fully saturated rings. The number of hydrogen-bond acceptors (Lipinski definition) is 5. The van der Waals surface area contributed by atoms with Crippen LogP contribution in [0.15, 0.2) is 62.9 Å². The Labute approximate surface area is 150 Å². The molecule has 0 spiro atoms. The van der Waals surface area contributed by atoms with Gasteiger partial charge in [-0.25, -0.2) is 0 Å². The molecular weight excluding hydrogens is 378 g/mol. The maximum absolute atomic E-state index is 12.5. The maximum Gasteiger partial charge on any atom is 0.416 e. The van der Waals surface area contributed by atoms with Crippen molar-refractivity contribution in [3.05, 3.63) is 58.1 Å². The predicted molar refractivity (Wildman–Crippen MR) is 86.3 cm³/mol. The first-order valence-electron chi connectivity index (χ1n) is 6.63. The fraction of sp³-hybridized carbons (Fsp3) is 0.133. The van der Waals surface area contributed by atoms with Crippen LogP contribution < -0.4 is 0 Å². The van der Waals surface area contributed by atoms with Crippen LogP contribution in [0.25, 0.3) is 0 Å². The van der Waals surface area contributed by atoms with Crippen LogP contribution in [0, 0.1) is 11.3 Å². The van der Waals surface area contributed by atoms with Gasteiger partial charge in [-0.15, -0.1) is 10.2 Å². The summed E-state index contributed by atoms with van der Waals surface area (Å²) in [6.07, 6.45) is -5.68. The van der Waals surface area contributed by atoms with Crippen molar-refractivity contribution in [2.75, 3.05) is 0 Å². The maximum atomic E-state index is 12.5. The van der Waals surface area contributed by atoms with Gasteiger partial charge in [0, 0.05) is 0 Å². The summed E-state index contributed by atoms with van der Waals surface area (Å²) in [5.74, 6) is 0. The van der Waals surface area contributed by atoms with E-state index in [1.807, 2.05) is 0 Å². The molecule has 0 saturated heterocycles. The third-order valence-corrected chi connectivity index (χ3v) is 3.52. The highest BCUT2D eigenvalue weighted by molar-refractivity contribution is 6.42. The smallest absolute Gasteiger partial charge is 0.194 e. The minimum atomic E-state index is -4.43. The van der Waals surface area contributed by atoms with Gasteiger partial charge in [0.1, 0.15) is 6.07 Å². The Hall–Kier alpha value is -2.50. The standard InChI is InChI=1S/C15H8Cl2F3N5/c16-12-6-5-11(7-13(12)17)23-25-14(8-21)24-22-10-3-1-9(2-4-10)15(18,19)20/h1-7,14H. The third-order valence-electron chi connectivity index (χ3n) is 2.78. The molecule has 0 heterocycles. The first-order valence-corrected chi connectivity index (χ1v) is 7.39. The summed E-state index contributed by atoms with van der Waals surface area (Å²) in [5, 5.41) is 24.4. The molecular formula is C15H8Cl2F3N5. The first-order chi connectivity index (χ1) is 11.8. The zero-order valence-electron chi connectivity index (χ0n) is 12.2. The number of rotatable bonds is 4. The largest absolute Gasteiger partial charge is 0.416 e. The van der Waals surface area contributed by atoms with E-state index in [4.69, 9.17) is 28.5 Å². The molecule has 2 rings (SSSR count). The molecule has 1 atom stereocenters. The highest BCUT2D eigenvalue weighted by Gasteiger charge is 2.29. The van der Waals surface area contributed by atoms with Gasteiger partial charge in [0.25, 0.3) is 6.17 Å². The average molecular weight is 386 g/mol. The molecule has 0 aliphatic heterocycles. The molecule has 0 bridgehead atoms. The molecule has 25 heavy (non-hydrogen) atoms. The topological polar surface area (TPSA) is 73.2 Å². The molecule has 2 aromatic carbocycles. The van der Waals surface area contributed by atoms with Crippen molar-refractivity contribution >= 4 is 34.6 Å². The Bertz CT molecular complexity index is 842. The van der Waals surface area contributed by atoms with Gasteiger partial charge in [0.15, 0.2) is 0 Å². The fourth-order valence-corrected chi connectivity index (χ4v) is 1.87. The number of nitrogens with zero attached hydrogens (tertiary/aromatic N) is 5. The monoisotopic (exact) mass is 385 g/mol. The van der Waals surface area contributed by atoms with Gasteiger partial charge in [0.2, 0.25) is 0 Å². The summed E-state index contributed by atoms with van der Waals surface area (Å²) in [4.78, 5) is 0. The van der Waals surface area contributed by atoms with E-state index in [0.717, 1.165) is 24.3 Å². The van der Waals surface area contributed by atoms with Crippen LogP contribution >= 0.6 is 23.2 Å². The second-order valence-corrected chi connectivity index (χ2v) is 5.39. The first kappa shape index (κ1) is 18.8. The van der Waals surface area contributed by atoms with E-state index in [9.17, 15) is 13.2 Å². The van der Waals surface area contributed by atoms with Crippen LogP contribution in [0.4, 0.5) is 24.5 Å². The summed E-state index contributed by atoms with van der Waals surface area (Å²) in [5.41, 5.74) is -0.292. The third kappa shape index (κ3) is 5.52. The molecule has 1 unspecified atom stereocenters. The van der Waals surface area contributed by atoms with Crippen molar-refractivity contribution in [3.63, 3.8) is 0 Å². The minimum Gasteiger partial charge on any atom is -0.194 e. The summed E-state index contributed by atoms with van der Waals surface area (Å²) in [6.45, 7) is 0. The second kappa shape index (κ2) is 8.05. The lowest BCUT2D eigenvalue weighted by molar-refractivity contribution is -0.137. The number of azo groups is 2. The Morgan fingerprint density at radius 3 is 1.96 bits per heavy atom. The van der Waals surface area contributed by atoms with Crippen molar-refractivity contribution in [1.82, 2.24) is 0 Å². The van der Waals surface area contributed by atoms with E-state index in [2.05, 4.69) is 20.5 Å². The average Bonchev–Trinajstić information content (AvgIpc) is 2.57. The number of hydrogen-bond donors (Lipinski definition) is 0. The Balaban J connectivity index is 2.08. The van der Waals surface area contributed by atoms with E-state index in [1.165, 1.54) is 12.1 Å². The van der Waals surface area contributed by atoms with Gasteiger partial charge >= 0.3 is 6.18 Å². The number of nitriles is 1. The zero-order chi connectivity index (χ0) is 18.4. The lowest BCUT2D eigenvalue weighted by atomic mass is 10.2. The molecule has 10 heteroatoms. The molecule has 0 aliphatic carbocycles. The minimum absolute atomic E-state index is 0.151. The van der Waals surface area contributed by atoms with E-state index < -0.39 is 17.9 Å². The van der Waals surface area contributed by atoms with Gasteiger partial charge in [-0.1, -0.05) is 23.2 Å². The number of halogens is 5. The van der Waals surface area contributed by atoms with Gasteiger partial charge in [0.05, 0.1) is 27.0 Å². The second-order valence-electron chi connectivity index (χ2n) is 4.58. The van der Waals surface area contributed by atoms with Gasteiger partial charge < -0.3 is 0 Å². The molecule has 2 aromatic rings. The zero-order valence-corrected chi connectivity index (χ0v) is 13.8. The van der Waals surface area contributed by atoms with E-state index in [1.54, 1.807) is 12.1 Å². The number of benzene rings is 2. The van der Waals surface area contributed by atoms with Crippen molar-refractivity contribution in [1.29, 1.82) is 5.26 Å². The fourth-order valence-electron chi connectivity index (χ4n) is 1.58. The quantitative estimate of drug-likeness (QED) is 0.537. The molecule has 0 aliphatic rings. The van der Waals surface area contributed by atoms with Crippen LogP contribution in [-0.2, 0) is 6.18 Å². The Morgan fingerprint density at radius 2 is 1.44 bits per heavy atom. The molecule has 0 N–H and O–H groups in total. The highest BCUT2D eigenvalue weighted by atomic mass is 35.5.